The van der Waals surface area contributed by atoms with Gasteiger partial charge >= 0.3 is 36.0 Å². The van der Waals surface area contributed by atoms with Crippen LogP contribution in [0.25, 0.3) is 0 Å². The number of nitrogens with one attached hydrogen (secondary N) is 2. The number of aliphatic hydroxyl groups is 3. The summed E-state index contributed by atoms with van der Waals surface area (Å²) in [6, 6.07) is 38.6. The molecule has 1 spiro atoms. The van der Waals surface area contributed by atoms with E-state index in [2.05, 4.69) is 56.8 Å². The molecule has 6 aromatic heterocycles. The van der Waals surface area contributed by atoms with Crippen molar-refractivity contribution < 1.29 is 75.6 Å². The Morgan fingerprint density at radius 3 is 1.85 bits per heavy atom. The molecule has 9 amide bonds. The molecule has 5 aliphatic heterocycles. The molecule has 10 aromatic rings. The molecule has 0 radical (unpaired) electrons. The normalized spacial score (nSPS) is 17.3. The number of hydrogen-bond donors (Lipinski definition) is 5. The third kappa shape index (κ3) is 22.5. The van der Waals surface area contributed by atoms with E-state index in [1.165, 1.54) is 62.0 Å². The van der Waals surface area contributed by atoms with Crippen LogP contribution in [0.4, 0.5) is 76.5 Å². The number of ketones is 1. The van der Waals surface area contributed by atoms with E-state index < -0.39 is 52.8 Å². The Balaban J connectivity index is 0.000000147. The van der Waals surface area contributed by atoms with Crippen LogP contribution in [-0.4, -0.2) is 170 Å². The number of hydrogen-bond acceptors (Lipinski definition) is 19. The number of Topliss-reactive ketones (excluding diaryl/α,β-unsaturated/α-hetero) is 1. The Morgan fingerprint density at radius 2 is 1.25 bits per heavy atom. The van der Waals surface area contributed by atoms with Crippen LogP contribution in [0.15, 0.2) is 195 Å². The number of para-hydroxylation sites is 1. The van der Waals surface area contributed by atoms with Crippen molar-refractivity contribution in [3.63, 3.8) is 0 Å². The van der Waals surface area contributed by atoms with Gasteiger partial charge in [-0.25, -0.2) is 38.7 Å². The van der Waals surface area contributed by atoms with E-state index in [-0.39, 0.29) is 126 Å². The number of ether oxygens (including phenoxy) is 1. The van der Waals surface area contributed by atoms with Crippen LogP contribution in [0.1, 0.15) is 157 Å². The first-order valence-corrected chi connectivity index (χ1v) is 43.1. The molecule has 3 saturated heterocycles. The van der Waals surface area contributed by atoms with Gasteiger partial charge in [0.05, 0.1) is 113 Å². The summed E-state index contributed by atoms with van der Waals surface area (Å²) in [4.78, 5) is 131. The van der Waals surface area contributed by atoms with E-state index in [1.54, 1.807) is 103 Å². The number of halogens is 7. The molecule has 35 heteroatoms. The van der Waals surface area contributed by atoms with Crippen LogP contribution >= 0.6 is 23.2 Å². The first kappa shape index (κ1) is 96.1. The molecular formula is C95H102Cl2F5N17O11. The number of alkyl halides is 4. The number of aliphatic hydroxyl groups excluding tert-OH is 3. The smallest absolute Gasteiger partial charge is 0.423 e. The van der Waals surface area contributed by atoms with Crippen molar-refractivity contribution in [3.05, 3.63) is 278 Å². The molecule has 0 bridgehead atoms. The molecule has 682 valence electrons. The largest absolute Gasteiger partial charge is 0.483 e. The Labute approximate surface area is 759 Å². The molecular weight excluding hydrogens is 1720 g/mol. The maximum atomic E-state index is 14.7. The van der Waals surface area contributed by atoms with Gasteiger partial charge in [0.1, 0.15) is 29.9 Å². The summed E-state index contributed by atoms with van der Waals surface area (Å²) < 4.78 is 76.0. The third-order valence-corrected chi connectivity index (χ3v) is 23.3. The molecule has 4 fully saturated rings. The zero-order valence-corrected chi connectivity index (χ0v) is 75.0. The number of rotatable bonds is 21. The minimum Gasteiger partial charge on any atom is -0.423 e. The Morgan fingerprint density at radius 1 is 0.608 bits per heavy atom. The number of urea groups is 3. The van der Waals surface area contributed by atoms with Gasteiger partial charge in [-0.1, -0.05) is 130 Å². The molecule has 4 aromatic carbocycles. The molecule has 1 saturated carbocycles. The summed E-state index contributed by atoms with van der Waals surface area (Å²) in [5, 5.41) is 34.8. The Bertz CT molecular complexity index is 5780. The van der Waals surface area contributed by atoms with Crippen molar-refractivity contribution in [1.82, 2.24) is 49.6 Å². The van der Waals surface area contributed by atoms with E-state index in [9.17, 15) is 65.7 Å². The van der Waals surface area contributed by atoms with Crippen LogP contribution < -0.4 is 39.9 Å². The number of allylic oxidation sites excluding steroid dienone is 1. The first-order valence-electron chi connectivity index (χ1n) is 42.4. The van der Waals surface area contributed by atoms with Gasteiger partial charge in [0, 0.05) is 84.4 Å². The summed E-state index contributed by atoms with van der Waals surface area (Å²) in [7, 11) is 0. The number of carbonyl (C=O) groups excluding carboxylic acids is 7. The Hall–Kier alpha value is -13.0. The zero-order chi connectivity index (χ0) is 93.8. The number of pyridine rings is 5. The van der Waals surface area contributed by atoms with Gasteiger partial charge in [0.2, 0.25) is 17.8 Å². The topological polar surface area (TPSA) is 330 Å². The predicted octanol–water partition coefficient (Wildman–Crippen LogP) is 17.3. The highest BCUT2D eigenvalue weighted by Crippen LogP contribution is 2.54. The average molecular weight is 1820 g/mol. The fourth-order valence-corrected chi connectivity index (χ4v) is 16.5. The lowest BCUT2D eigenvalue weighted by Gasteiger charge is -2.39. The standard InChI is InChI=1S/C22H27N5O2.C20H25N5O3.C20H23N3O2.C17H14ClF3N2O.C16H13ClF2N2O3/c1-16-7-6-8-18(11-16)25-19(28)14-27-21(29)26(20-23-12-17(2)13-24-20)15-22(27)9-4-3-5-10-22;1-13(2)17-10-24(16-6-4-14(3)21-9-16)20(28)25(17)11-19(27)23-18-7-5-15(12-26)8-22-18;1-4-17-12-22(18-9-8-15(3)21-11-18)20(25)23(17)13-19(24)16-7-5-6-14(2)10-16;1-9(24)15-13(19)3-4-14-16(15)17(20,21)10(2)23(14)8-11-5-12(18)7-22-6-11;1-9(22)11-5-3-6-12-14(11)24-16(18,19)15(23)21(12)8-10-4-2-7-13(17)20-10/h6-8,11-13H,3-5,9-10,14-15H2,1-2H3,(H,25,28);4-9,13,17,26H,10-12H2,1-3H3,(H,22,23,27);5-11,17H,4,12-13H2,1-3H3;3-7,9,24H,2,8H2,1H3;2-7,9,22H,8H2,1H3/t;2*17-;;/m.10../s1. The van der Waals surface area contributed by atoms with E-state index in [0.717, 1.165) is 88.2 Å². The summed E-state index contributed by atoms with van der Waals surface area (Å²) >= 11 is 11.7. The second-order valence-corrected chi connectivity index (χ2v) is 33.8. The highest BCUT2D eigenvalue weighted by atomic mass is 35.5. The first-order chi connectivity index (χ1) is 61.9. The SMILES string of the molecule is C=C1N(Cc2cncc(Cl)c2)c2ccc(F)c(C(C)O)c2C1(F)F.CC(O)c1cccc2c1OC(F)(F)C(=O)N2Cc1cccc(Cl)n1.CC[C@H]1CN(c2ccc(C)nc2)C(=O)N1CC(=O)c1cccc(C)c1.Cc1ccc(N2C[C@H](C(C)C)N(CC(=O)Nc3ccc(CO)cn3)C2=O)cn1.Cc1cnc(N2CC3(CCCCC3)N(CC(=O)Nc3cccc(C)c3)C2=O)nc1. The molecule has 11 heterocycles. The van der Waals surface area contributed by atoms with Crippen molar-refractivity contribution in [2.45, 2.75) is 169 Å². The van der Waals surface area contributed by atoms with E-state index >= 15 is 0 Å². The second-order valence-electron chi connectivity index (χ2n) is 33.0. The molecule has 5 N–H and O–H groups in total. The van der Waals surface area contributed by atoms with Crippen molar-refractivity contribution in [1.29, 1.82) is 0 Å². The second kappa shape index (κ2) is 41.6. The van der Waals surface area contributed by atoms with Crippen LogP contribution in [0.3, 0.4) is 0 Å². The van der Waals surface area contributed by atoms with Crippen LogP contribution in [0, 0.1) is 46.4 Å². The van der Waals surface area contributed by atoms with Crippen LogP contribution in [0.5, 0.6) is 5.75 Å². The molecule has 1 aliphatic carbocycles. The van der Waals surface area contributed by atoms with Crippen molar-refractivity contribution in [3.8, 4) is 5.75 Å². The molecule has 6 aliphatic rings. The monoisotopic (exact) mass is 1820 g/mol. The van der Waals surface area contributed by atoms with Gasteiger partial charge in [0.25, 0.3) is 0 Å². The fourth-order valence-electron chi connectivity index (χ4n) is 16.1. The van der Waals surface area contributed by atoms with Gasteiger partial charge < -0.3 is 50.3 Å². The lowest BCUT2D eigenvalue weighted by Crippen LogP contribution is -2.51. The van der Waals surface area contributed by atoms with Gasteiger partial charge in [-0.2, -0.15) is 17.6 Å². The van der Waals surface area contributed by atoms with Gasteiger partial charge in [-0.15, -0.1) is 0 Å². The summed E-state index contributed by atoms with van der Waals surface area (Å²) in [5.74, 6) is -5.60. The van der Waals surface area contributed by atoms with Crippen LogP contribution in [-0.2, 0) is 40.0 Å². The number of fused-ring (bicyclic) bond motifs is 2. The Kier molecular flexibility index (Phi) is 30.8. The number of amides is 9. The van der Waals surface area contributed by atoms with Gasteiger partial charge in [-0.3, -0.25) is 53.7 Å². The van der Waals surface area contributed by atoms with Crippen LogP contribution in [0.2, 0.25) is 10.2 Å². The van der Waals surface area contributed by atoms with E-state index in [0.29, 0.717) is 58.8 Å². The molecule has 4 atom stereocenters. The molecule has 28 nitrogen and oxygen atoms in total. The van der Waals surface area contributed by atoms with Crippen molar-refractivity contribution >= 4 is 105 Å². The van der Waals surface area contributed by atoms with Crippen molar-refractivity contribution in [2.24, 2.45) is 5.92 Å². The fraction of sp³-hybridized carbons (Fsp3) is 0.347. The summed E-state index contributed by atoms with van der Waals surface area (Å²) in [6.07, 6.45) is 10.7. The molecule has 16 rings (SSSR count). The average Bonchev–Trinajstić information content (AvgIpc) is 0.887. The van der Waals surface area contributed by atoms with Gasteiger partial charge in [0.15, 0.2) is 11.5 Å². The molecule has 2 unspecified atom stereocenters. The number of aryl methyl sites for hydroxylation is 5. The summed E-state index contributed by atoms with van der Waals surface area (Å²) in [5.41, 5.74) is 8.04. The number of anilines is 7. The summed E-state index contributed by atoms with van der Waals surface area (Å²) in [6.45, 7) is 23.4. The minimum atomic E-state index is -4.03. The zero-order valence-electron chi connectivity index (χ0n) is 73.5. The lowest BCUT2D eigenvalue weighted by molar-refractivity contribution is -0.193. The maximum Gasteiger partial charge on any atom is 0.483 e. The quantitative estimate of drug-likeness (QED) is 0.0253. The minimum absolute atomic E-state index is 0.0284. The van der Waals surface area contributed by atoms with E-state index in [4.69, 9.17) is 28.3 Å². The van der Waals surface area contributed by atoms with E-state index in [1.807, 2.05) is 122 Å². The third-order valence-electron chi connectivity index (χ3n) is 22.9. The highest BCUT2D eigenvalue weighted by Gasteiger charge is 2.54. The number of carbonyl (C=O) groups is 7. The number of aromatic nitrogens is 7. The lowest BCUT2D eigenvalue weighted by atomic mass is 9.81. The van der Waals surface area contributed by atoms with Crippen molar-refractivity contribution in [2.75, 3.05) is 74.4 Å². The highest BCUT2D eigenvalue weighted by molar-refractivity contribution is 6.30. The predicted molar refractivity (Wildman–Crippen MR) is 484 cm³/mol. The number of nitrogens with zero attached hydrogens (tertiary/aromatic N) is 15. The van der Waals surface area contributed by atoms with Gasteiger partial charge in [-0.05, 0) is 181 Å². The maximum absolute atomic E-state index is 14.7. The molecule has 130 heavy (non-hydrogen) atoms. The number of benzene rings is 4.